The van der Waals surface area contributed by atoms with Gasteiger partial charge in [0.1, 0.15) is 0 Å². The molecule has 0 saturated carbocycles. The van der Waals surface area contributed by atoms with Crippen LogP contribution in [0.2, 0.25) is 0 Å². The van der Waals surface area contributed by atoms with Crippen LogP contribution in [0.1, 0.15) is 11.1 Å². The molecule has 0 atom stereocenters. The average Bonchev–Trinajstić information content (AvgIpc) is 2.48. The van der Waals surface area contributed by atoms with E-state index in [4.69, 9.17) is 0 Å². The fraction of sp³-hybridized carbons (Fsp3) is 0.0714. The van der Waals surface area contributed by atoms with Crippen LogP contribution in [0, 0.1) is 0 Å². The molecule has 1 aromatic carbocycles. The zero-order chi connectivity index (χ0) is 10.1. The van der Waals surface area contributed by atoms with Gasteiger partial charge in [0, 0.05) is 11.8 Å². The normalized spacial score (nSPS) is 12.8. The lowest BCUT2D eigenvalue weighted by atomic mass is 10.0. The highest BCUT2D eigenvalue weighted by Gasteiger charge is 2.10. The van der Waals surface area contributed by atoms with Crippen molar-refractivity contribution in [2.24, 2.45) is 0 Å². The molecule has 1 heteroatoms. The van der Waals surface area contributed by atoms with Crippen molar-refractivity contribution in [1.29, 1.82) is 0 Å². The smallest absolute Gasteiger partial charge is 0.0743 e. The molecule has 15 heavy (non-hydrogen) atoms. The Labute approximate surface area is 89.1 Å². The third-order valence-corrected chi connectivity index (χ3v) is 2.74. The summed E-state index contributed by atoms with van der Waals surface area (Å²) in [6.07, 6.45) is 7.21. The van der Waals surface area contributed by atoms with E-state index in [2.05, 4.69) is 47.5 Å². The minimum atomic E-state index is 0.970. The third-order valence-electron chi connectivity index (χ3n) is 2.74. The summed E-state index contributed by atoms with van der Waals surface area (Å²) < 4.78 is 0. The van der Waals surface area contributed by atoms with Gasteiger partial charge < -0.3 is 0 Å². The number of nitrogens with zero attached hydrogens (tertiary/aromatic N) is 1. The average molecular weight is 193 g/mol. The molecule has 1 aliphatic carbocycles. The zero-order valence-corrected chi connectivity index (χ0v) is 8.35. The number of fused-ring (bicyclic) bond motifs is 3. The Balaban J connectivity index is 2.33. The maximum atomic E-state index is 4.48. The zero-order valence-electron chi connectivity index (χ0n) is 8.35. The summed E-state index contributed by atoms with van der Waals surface area (Å²) in [7, 11) is 0. The molecule has 0 amide bonds. The standard InChI is InChI=1S/C14H11N/c1-2-9-13-11(5-1)6-3-7-12-8-4-10-15-14(12)13/h1-6,8-10H,7H2. The van der Waals surface area contributed by atoms with Crippen LogP contribution in [-0.4, -0.2) is 4.98 Å². The highest BCUT2D eigenvalue weighted by Crippen LogP contribution is 2.28. The van der Waals surface area contributed by atoms with Crippen LogP contribution in [-0.2, 0) is 6.42 Å². The van der Waals surface area contributed by atoms with Gasteiger partial charge in [-0.3, -0.25) is 4.98 Å². The van der Waals surface area contributed by atoms with E-state index in [1.807, 2.05) is 12.3 Å². The van der Waals surface area contributed by atoms with Crippen LogP contribution in [0.25, 0.3) is 17.3 Å². The number of pyridine rings is 1. The predicted octanol–water partition coefficient (Wildman–Crippen LogP) is 3.32. The monoisotopic (exact) mass is 193 g/mol. The summed E-state index contributed by atoms with van der Waals surface area (Å²) in [6.45, 7) is 0. The maximum Gasteiger partial charge on any atom is 0.0743 e. The van der Waals surface area contributed by atoms with Gasteiger partial charge in [0.05, 0.1) is 5.69 Å². The van der Waals surface area contributed by atoms with Crippen LogP contribution < -0.4 is 0 Å². The predicted molar refractivity (Wildman–Crippen MR) is 62.4 cm³/mol. The van der Waals surface area contributed by atoms with Gasteiger partial charge in [-0.05, 0) is 23.6 Å². The van der Waals surface area contributed by atoms with Crippen LogP contribution >= 0.6 is 0 Å². The molecular formula is C14H11N. The van der Waals surface area contributed by atoms with Gasteiger partial charge in [-0.15, -0.1) is 0 Å². The fourth-order valence-electron chi connectivity index (χ4n) is 2.02. The van der Waals surface area contributed by atoms with E-state index in [9.17, 15) is 0 Å². The van der Waals surface area contributed by atoms with Gasteiger partial charge in [-0.2, -0.15) is 0 Å². The second-order valence-electron chi connectivity index (χ2n) is 3.70. The lowest BCUT2D eigenvalue weighted by molar-refractivity contribution is 1.21. The number of allylic oxidation sites excluding steroid dienone is 1. The molecule has 0 spiro atoms. The maximum absolute atomic E-state index is 4.48. The Morgan fingerprint density at radius 2 is 1.93 bits per heavy atom. The summed E-state index contributed by atoms with van der Waals surface area (Å²) in [4.78, 5) is 4.48. The first-order valence-corrected chi connectivity index (χ1v) is 5.15. The summed E-state index contributed by atoms with van der Waals surface area (Å²) in [6, 6.07) is 12.6. The molecule has 1 aromatic heterocycles. The number of benzene rings is 1. The van der Waals surface area contributed by atoms with E-state index in [1.165, 1.54) is 16.7 Å². The summed E-state index contributed by atoms with van der Waals surface area (Å²) in [5.41, 5.74) is 4.92. The van der Waals surface area contributed by atoms with Crippen molar-refractivity contribution in [2.45, 2.75) is 6.42 Å². The van der Waals surface area contributed by atoms with E-state index >= 15 is 0 Å². The van der Waals surface area contributed by atoms with Gasteiger partial charge in [-0.1, -0.05) is 42.5 Å². The largest absolute Gasteiger partial charge is 0.256 e. The van der Waals surface area contributed by atoms with Crippen molar-refractivity contribution in [3.8, 4) is 11.3 Å². The molecule has 0 saturated heterocycles. The highest BCUT2D eigenvalue weighted by atomic mass is 14.7. The first-order chi connectivity index (χ1) is 7.45. The van der Waals surface area contributed by atoms with Crippen molar-refractivity contribution in [2.75, 3.05) is 0 Å². The second-order valence-corrected chi connectivity index (χ2v) is 3.70. The molecule has 0 N–H and O–H groups in total. The molecule has 72 valence electrons. The number of rotatable bonds is 0. The number of hydrogen-bond acceptors (Lipinski definition) is 1. The number of hydrogen-bond donors (Lipinski definition) is 0. The molecule has 0 fully saturated rings. The Bertz CT molecular complexity index is 526. The minimum absolute atomic E-state index is 0.970. The Morgan fingerprint density at radius 1 is 1.00 bits per heavy atom. The summed E-state index contributed by atoms with van der Waals surface area (Å²) >= 11 is 0. The van der Waals surface area contributed by atoms with E-state index in [1.54, 1.807) is 0 Å². The van der Waals surface area contributed by atoms with Crippen molar-refractivity contribution in [3.63, 3.8) is 0 Å². The number of aromatic nitrogens is 1. The van der Waals surface area contributed by atoms with Crippen LogP contribution in [0.15, 0.2) is 48.7 Å². The summed E-state index contributed by atoms with van der Waals surface area (Å²) in [5, 5.41) is 0. The lowest BCUT2D eigenvalue weighted by Crippen LogP contribution is -1.90. The molecular weight excluding hydrogens is 182 g/mol. The quantitative estimate of drug-likeness (QED) is 0.625. The molecule has 0 aliphatic heterocycles. The van der Waals surface area contributed by atoms with Crippen molar-refractivity contribution < 1.29 is 0 Å². The van der Waals surface area contributed by atoms with E-state index in [0.29, 0.717) is 0 Å². The van der Waals surface area contributed by atoms with Crippen LogP contribution in [0.4, 0.5) is 0 Å². The molecule has 3 rings (SSSR count). The van der Waals surface area contributed by atoms with Gasteiger partial charge in [0.2, 0.25) is 0 Å². The minimum Gasteiger partial charge on any atom is -0.256 e. The van der Waals surface area contributed by atoms with E-state index in [-0.39, 0.29) is 0 Å². The third kappa shape index (κ3) is 1.37. The lowest BCUT2D eigenvalue weighted by Gasteiger charge is -2.06. The molecule has 0 unspecified atom stereocenters. The molecule has 1 heterocycles. The summed E-state index contributed by atoms with van der Waals surface area (Å²) in [5.74, 6) is 0. The fourth-order valence-corrected chi connectivity index (χ4v) is 2.02. The Kier molecular flexibility index (Phi) is 1.88. The van der Waals surface area contributed by atoms with Gasteiger partial charge in [0.15, 0.2) is 0 Å². The van der Waals surface area contributed by atoms with Crippen LogP contribution in [0.5, 0.6) is 0 Å². The first-order valence-electron chi connectivity index (χ1n) is 5.15. The highest BCUT2D eigenvalue weighted by molar-refractivity contribution is 5.76. The molecule has 0 radical (unpaired) electrons. The Morgan fingerprint density at radius 3 is 2.93 bits per heavy atom. The van der Waals surface area contributed by atoms with E-state index in [0.717, 1.165) is 12.1 Å². The Hall–Kier alpha value is -1.89. The van der Waals surface area contributed by atoms with Crippen molar-refractivity contribution >= 4 is 6.08 Å². The van der Waals surface area contributed by atoms with E-state index < -0.39 is 0 Å². The molecule has 1 nitrogen and oxygen atoms in total. The van der Waals surface area contributed by atoms with Gasteiger partial charge in [-0.25, -0.2) is 0 Å². The molecule has 0 bridgehead atoms. The first kappa shape index (κ1) is 8.42. The van der Waals surface area contributed by atoms with Gasteiger partial charge in [0.25, 0.3) is 0 Å². The van der Waals surface area contributed by atoms with Gasteiger partial charge >= 0.3 is 0 Å². The topological polar surface area (TPSA) is 12.9 Å². The molecule has 2 aromatic rings. The molecule has 1 aliphatic rings. The second kappa shape index (κ2) is 3.35. The van der Waals surface area contributed by atoms with Crippen molar-refractivity contribution in [3.05, 3.63) is 59.8 Å². The van der Waals surface area contributed by atoms with Crippen molar-refractivity contribution in [1.82, 2.24) is 4.98 Å². The van der Waals surface area contributed by atoms with Crippen LogP contribution in [0.3, 0.4) is 0 Å². The SMILES string of the molecule is C1=Cc2ccccc2-c2ncccc2C1.